The Morgan fingerprint density at radius 2 is 1.34 bits per heavy atom. The molecule has 1 aliphatic rings. The lowest BCUT2D eigenvalue weighted by Crippen LogP contribution is -2.56. The Bertz CT molecular complexity index is 1240. The van der Waals surface area contributed by atoms with Gasteiger partial charge < -0.3 is 15.5 Å². The smallest absolute Gasteiger partial charge is 0.353 e. The summed E-state index contributed by atoms with van der Waals surface area (Å²) < 4.78 is 81.3. The third-order valence-electron chi connectivity index (χ3n) is 7.21. The molecule has 13 heteroatoms. The van der Waals surface area contributed by atoms with E-state index in [0.717, 1.165) is 5.56 Å². The van der Waals surface area contributed by atoms with Crippen LogP contribution in [-0.4, -0.2) is 71.3 Å². The summed E-state index contributed by atoms with van der Waals surface area (Å²) in [5.41, 5.74) is -3.04. The van der Waals surface area contributed by atoms with Crippen LogP contribution in [-0.2, 0) is 28.4 Å². The van der Waals surface area contributed by atoms with Gasteiger partial charge in [0, 0.05) is 36.3 Å². The summed E-state index contributed by atoms with van der Waals surface area (Å²) in [5, 5.41) is 5.60. The number of nitrogens with zero attached hydrogens (tertiary/aromatic N) is 2. The molecular weight excluding hydrogens is 590 g/mol. The van der Waals surface area contributed by atoms with E-state index < -0.39 is 41.0 Å². The fourth-order valence-corrected chi connectivity index (χ4v) is 5.37. The molecule has 1 fully saturated rings. The highest BCUT2D eigenvalue weighted by Crippen LogP contribution is 2.37. The van der Waals surface area contributed by atoms with Crippen molar-refractivity contribution in [2.75, 3.05) is 19.6 Å². The number of nitrogens with one attached hydrogen (secondary N) is 2. The summed E-state index contributed by atoms with van der Waals surface area (Å²) in [7, 11) is 0. The van der Waals surface area contributed by atoms with Crippen LogP contribution in [0.2, 0.25) is 0 Å². The lowest BCUT2D eigenvalue weighted by molar-refractivity contribution is -0.143. The molecule has 2 N–H and O–H groups in total. The van der Waals surface area contributed by atoms with E-state index in [1.807, 2.05) is 12.1 Å². The number of amides is 3. The van der Waals surface area contributed by atoms with E-state index in [-0.39, 0.29) is 74.9 Å². The first-order valence-electron chi connectivity index (χ1n) is 14.4. The second-order valence-corrected chi connectivity index (χ2v) is 11.7. The number of carbonyl (C=O) groups is 3. The molecule has 3 amide bonds. The van der Waals surface area contributed by atoms with E-state index >= 15 is 0 Å². The molecule has 7 nitrogen and oxygen atoms in total. The van der Waals surface area contributed by atoms with Crippen LogP contribution in [0.3, 0.4) is 0 Å². The zero-order valence-corrected chi connectivity index (χ0v) is 25.1. The highest BCUT2D eigenvalue weighted by Gasteiger charge is 2.40. The molecule has 2 atom stereocenters. The van der Waals surface area contributed by atoms with Crippen molar-refractivity contribution in [3.05, 3.63) is 70.8 Å². The fourth-order valence-electron chi connectivity index (χ4n) is 5.37. The van der Waals surface area contributed by atoms with E-state index in [1.54, 1.807) is 50.8 Å². The molecule has 1 aliphatic heterocycles. The molecule has 2 aromatic carbocycles. The van der Waals surface area contributed by atoms with E-state index in [0.29, 0.717) is 12.1 Å². The first-order valence-corrected chi connectivity index (χ1v) is 14.4. The third kappa shape index (κ3) is 9.96. The number of piperidine rings is 1. The van der Waals surface area contributed by atoms with Crippen LogP contribution in [0.15, 0.2) is 48.5 Å². The number of carbonyl (C=O) groups excluding carboxylic acids is 3. The van der Waals surface area contributed by atoms with Gasteiger partial charge in [0.25, 0.3) is 5.91 Å². The number of likely N-dealkylation sites (tertiary alicyclic amines) is 1. The van der Waals surface area contributed by atoms with Gasteiger partial charge >= 0.3 is 12.4 Å². The van der Waals surface area contributed by atoms with E-state index in [4.69, 9.17) is 0 Å². The number of hydrogen-bond donors (Lipinski definition) is 2. The quantitative estimate of drug-likeness (QED) is 0.351. The average molecular weight is 629 g/mol. The van der Waals surface area contributed by atoms with Crippen molar-refractivity contribution in [3.8, 4) is 0 Å². The predicted octanol–water partition coefficient (Wildman–Crippen LogP) is 5.29. The molecule has 1 heterocycles. The van der Waals surface area contributed by atoms with Crippen LogP contribution in [0, 0.1) is 0 Å². The van der Waals surface area contributed by atoms with Gasteiger partial charge in [0.1, 0.15) is 0 Å². The Kier molecular flexibility index (Phi) is 11.5. The Morgan fingerprint density at radius 1 is 0.841 bits per heavy atom. The van der Waals surface area contributed by atoms with Crippen molar-refractivity contribution in [1.82, 2.24) is 20.4 Å². The van der Waals surface area contributed by atoms with Gasteiger partial charge in [-0.05, 0) is 70.7 Å². The van der Waals surface area contributed by atoms with Crippen LogP contribution in [0.5, 0.6) is 0 Å². The van der Waals surface area contributed by atoms with Crippen LogP contribution >= 0.6 is 0 Å². The minimum atomic E-state index is -5.10. The van der Waals surface area contributed by atoms with Gasteiger partial charge in [0.15, 0.2) is 0 Å². The first-order chi connectivity index (χ1) is 20.4. The highest BCUT2D eigenvalue weighted by molar-refractivity contribution is 5.95. The maximum Gasteiger partial charge on any atom is 0.416 e. The van der Waals surface area contributed by atoms with Gasteiger partial charge in [-0.1, -0.05) is 30.3 Å². The molecule has 1 saturated heterocycles. The topological polar surface area (TPSA) is 81.8 Å². The standard InChI is InChI=1S/C31H38F6N4O3/c1-19(2)38-27(42)17-40(18-28(43)39-20(3)4)25-10-11-41(26(16-25)12-21-8-6-5-7-9-21)29(44)22-13-23(30(32,33)34)15-24(14-22)31(35,36)37/h5-9,13-15,19-20,25-26H,10-12,16-18H2,1-4H3,(H,38,42)(H,39,43)/t25-,26+/m0/s1. The molecule has 0 spiro atoms. The second-order valence-electron chi connectivity index (χ2n) is 11.7. The van der Waals surface area contributed by atoms with Crippen molar-refractivity contribution in [3.63, 3.8) is 0 Å². The number of hydrogen-bond acceptors (Lipinski definition) is 4. The van der Waals surface area contributed by atoms with Gasteiger partial charge in [-0.2, -0.15) is 26.3 Å². The molecule has 2 aromatic rings. The summed E-state index contributed by atoms with van der Waals surface area (Å²) in [4.78, 5) is 42.2. The van der Waals surface area contributed by atoms with E-state index in [1.165, 1.54) is 4.90 Å². The lowest BCUT2D eigenvalue weighted by Gasteiger charge is -2.43. The molecule has 0 bridgehead atoms. The Morgan fingerprint density at radius 3 is 1.80 bits per heavy atom. The van der Waals surface area contributed by atoms with Gasteiger partial charge in [-0.25, -0.2) is 0 Å². The molecule has 0 saturated carbocycles. The molecule has 3 rings (SSSR count). The maximum absolute atomic E-state index is 13.7. The monoisotopic (exact) mass is 628 g/mol. The predicted molar refractivity (Wildman–Crippen MR) is 153 cm³/mol. The van der Waals surface area contributed by atoms with Crippen molar-refractivity contribution < 1.29 is 40.7 Å². The summed E-state index contributed by atoms with van der Waals surface area (Å²) in [6, 6.07) is 8.54. The average Bonchev–Trinajstić information content (AvgIpc) is 2.90. The van der Waals surface area contributed by atoms with E-state index in [2.05, 4.69) is 10.6 Å². The second kappa shape index (κ2) is 14.4. The Balaban J connectivity index is 1.97. The minimum Gasteiger partial charge on any atom is -0.353 e. The number of benzene rings is 2. The largest absolute Gasteiger partial charge is 0.416 e. The SMILES string of the molecule is CC(C)NC(=O)CN(CC(=O)NC(C)C)[C@H]1CCN(C(=O)c2cc(C(F)(F)F)cc(C(F)(F)F)c2)[C@H](Cc2ccccc2)C1. The molecular formula is C31H38F6N4O3. The number of alkyl halides is 6. The normalized spacial score (nSPS) is 17.7. The van der Waals surface area contributed by atoms with Crippen molar-refractivity contribution >= 4 is 17.7 Å². The summed E-state index contributed by atoms with van der Waals surface area (Å²) >= 11 is 0. The van der Waals surface area contributed by atoms with Crippen molar-refractivity contribution in [2.24, 2.45) is 0 Å². The molecule has 44 heavy (non-hydrogen) atoms. The highest BCUT2D eigenvalue weighted by atomic mass is 19.4. The van der Waals surface area contributed by atoms with Crippen molar-refractivity contribution in [2.45, 2.75) is 83.5 Å². The summed E-state index contributed by atoms with van der Waals surface area (Å²) in [5.74, 6) is -1.57. The summed E-state index contributed by atoms with van der Waals surface area (Å²) in [6.07, 6.45) is -9.46. The Hall–Kier alpha value is -3.61. The van der Waals surface area contributed by atoms with Crippen molar-refractivity contribution in [1.29, 1.82) is 0 Å². The molecule has 242 valence electrons. The van der Waals surface area contributed by atoms with E-state index in [9.17, 15) is 40.7 Å². The number of halogens is 6. The van der Waals surface area contributed by atoms with Crippen LogP contribution in [0.1, 0.15) is 67.6 Å². The van der Waals surface area contributed by atoms with Gasteiger partial charge in [-0.3, -0.25) is 19.3 Å². The lowest BCUT2D eigenvalue weighted by atomic mass is 9.90. The zero-order valence-electron chi connectivity index (χ0n) is 25.1. The molecule has 0 radical (unpaired) electrons. The zero-order chi connectivity index (χ0) is 32.8. The fraction of sp³-hybridized carbons (Fsp3) is 0.516. The summed E-state index contributed by atoms with van der Waals surface area (Å²) in [6.45, 7) is 6.97. The minimum absolute atomic E-state index is 0.00719. The molecule has 0 aromatic heterocycles. The first kappa shape index (κ1) is 34.9. The number of rotatable bonds is 10. The maximum atomic E-state index is 13.7. The van der Waals surface area contributed by atoms with Gasteiger partial charge in [-0.15, -0.1) is 0 Å². The van der Waals surface area contributed by atoms with Gasteiger partial charge in [0.05, 0.1) is 24.2 Å². The third-order valence-corrected chi connectivity index (χ3v) is 7.21. The Labute approximate surface area is 253 Å². The van der Waals surface area contributed by atoms with Crippen LogP contribution < -0.4 is 10.6 Å². The van der Waals surface area contributed by atoms with Crippen LogP contribution in [0.4, 0.5) is 26.3 Å². The van der Waals surface area contributed by atoms with Crippen LogP contribution in [0.25, 0.3) is 0 Å². The van der Waals surface area contributed by atoms with Gasteiger partial charge in [0.2, 0.25) is 11.8 Å². The molecule has 0 aliphatic carbocycles. The molecule has 0 unspecified atom stereocenters.